The van der Waals surface area contributed by atoms with Crippen LogP contribution in [-0.2, 0) is 26.2 Å². The van der Waals surface area contributed by atoms with E-state index in [2.05, 4.69) is 68.9 Å². The van der Waals surface area contributed by atoms with Gasteiger partial charge in [0.15, 0.2) is 5.13 Å². The first-order valence-corrected chi connectivity index (χ1v) is 9.76. The summed E-state index contributed by atoms with van der Waals surface area (Å²) in [6, 6.07) is 8.37. The first-order chi connectivity index (χ1) is 12.7. The topological polar surface area (TPSA) is 58.0 Å². The summed E-state index contributed by atoms with van der Waals surface area (Å²) in [5.41, 5.74) is 6.03. The SMILES string of the molecule is Cc1ccc(Nc2nc(CN(C)Cc3cnn4c3CNCC4)cs2)cc1. The average molecular weight is 369 g/mol. The highest BCUT2D eigenvalue weighted by Gasteiger charge is 2.16. The van der Waals surface area contributed by atoms with E-state index in [9.17, 15) is 0 Å². The van der Waals surface area contributed by atoms with Gasteiger partial charge in [0.1, 0.15) is 0 Å². The van der Waals surface area contributed by atoms with Crippen molar-refractivity contribution in [1.82, 2.24) is 25.0 Å². The van der Waals surface area contributed by atoms with Crippen LogP contribution in [0.1, 0.15) is 22.5 Å². The third-order valence-electron chi connectivity index (χ3n) is 4.55. The number of aryl methyl sites for hydroxylation is 1. The van der Waals surface area contributed by atoms with E-state index in [0.717, 1.165) is 49.2 Å². The lowest BCUT2D eigenvalue weighted by Gasteiger charge is -2.19. The Morgan fingerprint density at radius 3 is 2.96 bits per heavy atom. The highest BCUT2D eigenvalue weighted by atomic mass is 32.1. The molecule has 2 aromatic heterocycles. The molecule has 0 spiro atoms. The van der Waals surface area contributed by atoms with E-state index in [4.69, 9.17) is 4.98 Å². The molecule has 2 N–H and O–H groups in total. The maximum atomic E-state index is 4.72. The van der Waals surface area contributed by atoms with Gasteiger partial charge in [-0.05, 0) is 26.1 Å². The minimum atomic E-state index is 0.824. The number of benzene rings is 1. The minimum Gasteiger partial charge on any atom is -0.332 e. The van der Waals surface area contributed by atoms with Crippen molar-refractivity contribution < 1.29 is 0 Å². The number of rotatable bonds is 6. The van der Waals surface area contributed by atoms with Crippen molar-refractivity contribution in [2.45, 2.75) is 33.1 Å². The highest BCUT2D eigenvalue weighted by molar-refractivity contribution is 7.13. The van der Waals surface area contributed by atoms with Gasteiger partial charge in [-0.3, -0.25) is 9.58 Å². The molecule has 0 saturated heterocycles. The van der Waals surface area contributed by atoms with Crippen LogP contribution in [0.5, 0.6) is 0 Å². The molecule has 0 atom stereocenters. The zero-order chi connectivity index (χ0) is 17.9. The Morgan fingerprint density at radius 1 is 1.27 bits per heavy atom. The third kappa shape index (κ3) is 3.95. The van der Waals surface area contributed by atoms with E-state index in [1.807, 2.05) is 6.20 Å². The van der Waals surface area contributed by atoms with Crippen LogP contribution in [0.15, 0.2) is 35.8 Å². The lowest BCUT2D eigenvalue weighted by atomic mass is 10.2. The van der Waals surface area contributed by atoms with Crippen LogP contribution in [0.25, 0.3) is 0 Å². The molecule has 7 heteroatoms. The third-order valence-corrected chi connectivity index (χ3v) is 5.36. The number of thiazole rings is 1. The second kappa shape index (κ2) is 7.57. The number of fused-ring (bicyclic) bond motifs is 1. The van der Waals surface area contributed by atoms with Gasteiger partial charge in [0, 0.05) is 42.8 Å². The van der Waals surface area contributed by atoms with Crippen molar-refractivity contribution in [3.8, 4) is 0 Å². The molecular formula is C19H24N6S. The molecule has 0 amide bonds. The van der Waals surface area contributed by atoms with Gasteiger partial charge in [0.2, 0.25) is 0 Å². The molecule has 136 valence electrons. The molecule has 1 aliphatic heterocycles. The van der Waals surface area contributed by atoms with Crippen LogP contribution >= 0.6 is 11.3 Å². The van der Waals surface area contributed by atoms with Crippen LogP contribution in [-0.4, -0.2) is 33.3 Å². The molecule has 0 saturated carbocycles. The monoisotopic (exact) mass is 368 g/mol. The zero-order valence-electron chi connectivity index (χ0n) is 15.2. The second-order valence-corrected chi connectivity index (χ2v) is 7.68. The van der Waals surface area contributed by atoms with Crippen molar-refractivity contribution in [2.75, 3.05) is 18.9 Å². The Balaban J connectivity index is 1.36. The molecule has 0 unspecified atom stereocenters. The van der Waals surface area contributed by atoms with Gasteiger partial charge in [-0.2, -0.15) is 5.10 Å². The highest BCUT2D eigenvalue weighted by Crippen LogP contribution is 2.22. The van der Waals surface area contributed by atoms with Gasteiger partial charge in [0.25, 0.3) is 0 Å². The van der Waals surface area contributed by atoms with Crippen molar-refractivity contribution in [1.29, 1.82) is 0 Å². The summed E-state index contributed by atoms with van der Waals surface area (Å²) in [6.45, 7) is 6.66. The molecule has 0 radical (unpaired) electrons. The molecule has 0 bridgehead atoms. The number of hydrogen-bond donors (Lipinski definition) is 2. The van der Waals surface area contributed by atoms with Crippen molar-refractivity contribution in [3.63, 3.8) is 0 Å². The summed E-state index contributed by atoms with van der Waals surface area (Å²) in [4.78, 5) is 7.01. The number of aromatic nitrogens is 3. The van der Waals surface area contributed by atoms with Gasteiger partial charge in [-0.15, -0.1) is 11.3 Å². The van der Waals surface area contributed by atoms with Gasteiger partial charge in [-0.1, -0.05) is 17.7 Å². The number of nitrogens with zero attached hydrogens (tertiary/aromatic N) is 4. The Hall–Kier alpha value is -2.22. The summed E-state index contributed by atoms with van der Waals surface area (Å²) in [6.07, 6.45) is 2.00. The van der Waals surface area contributed by atoms with Gasteiger partial charge >= 0.3 is 0 Å². The Kier molecular flexibility index (Phi) is 5.01. The Labute approximate surface area is 157 Å². The molecule has 1 aromatic carbocycles. The normalized spacial score (nSPS) is 13.8. The fourth-order valence-electron chi connectivity index (χ4n) is 3.19. The predicted octanol–water partition coefficient (Wildman–Crippen LogP) is 3.13. The average Bonchev–Trinajstić information content (AvgIpc) is 3.24. The summed E-state index contributed by atoms with van der Waals surface area (Å²) in [5, 5.41) is 14.4. The van der Waals surface area contributed by atoms with Crippen molar-refractivity contribution >= 4 is 22.2 Å². The lowest BCUT2D eigenvalue weighted by Crippen LogP contribution is -2.29. The van der Waals surface area contributed by atoms with E-state index in [1.165, 1.54) is 16.8 Å². The number of hydrogen-bond acceptors (Lipinski definition) is 6. The fourth-order valence-corrected chi connectivity index (χ4v) is 3.91. The maximum Gasteiger partial charge on any atom is 0.187 e. The maximum absolute atomic E-state index is 4.72. The summed E-state index contributed by atoms with van der Waals surface area (Å²) in [7, 11) is 2.13. The van der Waals surface area contributed by atoms with Crippen LogP contribution in [0.2, 0.25) is 0 Å². The second-order valence-electron chi connectivity index (χ2n) is 6.82. The van der Waals surface area contributed by atoms with Crippen molar-refractivity contribution in [2.24, 2.45) is 0 Å². The summed E-state index contributed by atoms with van der Waals surface area (Å²) < 4.78 is 2.12. The van der Waals surface area contributed by atoms with E-state index in [0.29, 0.717) is 0 Å². The largest absolute Gasteiger partial charge is 0.332 e. The van der Waals surface area contributed by atoms with E-state index >= 15 is 0 Å². The summed E-state index contributed by atoms with van der Waals surface area (Å²) >= 11 is 1.65. The van der Waals surface area contributed by atoms with E-state index in [1.54, 1.807) is 11.3 Å². The molecule has 3 aromatic rings. The molecule has 26 heavy (non-hydrogen) atoms. The van der Waals surface area contributed by atoms with Crippen LogP contribution in [0.4, 0.5) is 10.8 Å². The minimum absolute atomic E-state index is 0.824. The molecule has 3 heterocycles. The standard InChI is InChI=1S/C19H24N6S/c1-14-3-5-16(6-4-14)22-19-23-17(13-26-19)12-24(2)11-15-9-21-25-8-7-20-10-18(15)25/h3-6,9,13,20H,7-8,10-12H2,1-2H3,(H,22,23). The number of nitrogens with one attached hydrogen (secondary N) is 2. The summed E-state index contributed by atoms with van der Waals surface area (Å²) in [5.74, 6) is 0. The molecule has 0 aliphatic carbocycles. The van der Waals surface area contributed by atoms with Gasteiger partial charge < -0.3 is 10.6 Å². The lowest BCUT2D eigenvalue weighted by molar-refractivity contribution is 0.313. The predicted molar refractivity (Wildman–Crippen MR) is 106 cm³/mol. The molecule has 6 nitrogen and oxygen atoms in total. The fraction of sp³-hybridized carbons (Fsp3) is 0.368. The van der Waals surface area contributed by atoms with Gasteiger partial charge in [-0.25, -0.2) is 4.98 Å². The Bertz CT molecular complexity index is 867. The quantitative estimate of drug-likeness (QED) is 0.700. The van der Waals surface area contributed by atoms with E-state index in [-0.39, 0.29) is 0 Å². The Morgan fingerprint density at radius 2 is 2.12 bits per heavy atom. The van der Waals surface area contributed by atoms with Crippen LogP contribution in [0, 0.1) is 6.92 Å². The molecule has 1 aliphatic rings. The first-order valence-electron chi connectivity index (χ1n) is 8.88. The van der Waals surface area contributed by atoms with Gasteiger partial charge in [0.05, 0.1) is 24.1 Å². The van der Waals surface area contributed by atoms with E-state index < -0.39 is 0 Å². The van der Waals surface area contributed by atoms with Crippen molar-refractivity contribution in [3.05, 3.63) is 58.4 Å². The smallest absolute Gasteiger partial charge is 0.187 e. The van der Waals surface area contributed by atoms with Crippen LogP contribution < -0.4 is 10.6 Å². The van der Waals surface area contributed by atoms with Crippen LogP contribution in [0.3, 0.4) is 0 Å². The number of anilines is 2. The molecular weight excluding hydrogens is 344 g/mol. The molecule has 0 fully saturated rings. The zero-order valence-corrected chi connectivity index (χ0v) is 16.0. The first kappa shape index (κ1) is 17.2. The molecule has 4 rings (SSSR count).